The number of rotatable bonds is 12. The van der Waals surface area contributed by atoms with Crippen LogP contribution in [0, 0.1) is 5.92 Å². The van der Waals surface area contributed by atoms with Crippen molar-refractivity contribution in [1.29, 1.82) is 0 Å². The Kier molecular flexibility index (Phi) is 13.6. The van der Waals surface area contributed by atoms with Crippen LogP contribution in [-0.4, -0.2) is 80.6 Å². The Morgan fingerprint density at radius 3 is 2.32 bits per heavy atom. The highest BCUT2D eigenvalue weighted by atomic mass is 16.6. The van der Waals surface area contributed by atoms with Crippen molar-refractivity contribution in [2.75, 3.05) is 39.6 Å². The third kappa shape index (κ3) is 10.3. The zero-order chi connectivity index (χ0) is 35.1. The quantitative estimate of drug-likeness (QED) is 0.127. The van der Waals surface area contributed by atoms with E-state index in [1.54, 1.807) is 0 Å². The van der Waals surface area contributed by atoms with E-state index >= 15 is 0 Å². The van der Waals surface area contributed by atoms with Crippen LogP contribution in [0.3, 0.4) is 0 Å². The lowest BCUT2D eigenvalue weighted by Crippen LogP contribution is -2.46. The summed E-state index contributed by atoms with van der Waals surface area (Å²) < 4.78 is 16.6. The van der Waals surface area contributed by atoms with Crippen LogP contribution in [0.15, 0.2) is 91.0 Å². The van der Waals surface area contributed by atoms with E-state index in [1.807, 2.05) is 78.9 Å². The van der Waals surface area contributed by atoms with Gasteiger partial charge in [0.2, 0.25) is 11.8 Å². The van der Waals surface area contributed by atoms with E-state index < -0.39 is 30.1 Å². The summed E-state index contributed by atoms with van der Waals surface area (Å²) in [6, 6.07) is 24.1. The second-order valence-electron chi connectivity index (χ2n) is 12.4. The van der Waals surface area contributed by atoms with Gasteiger partial charge in [0.05, 0.1) is 31.8 Å². The molecule has 3 atom stereocenters. The lowest BCUT2D eigenvalue weighted by Gasteiger charge is -2.23. The zero-order valence-electron chi connectivity index (χ0n) is 28.1. The number of hydrogen-bond acceptors (Lipinski definition) is 8. The summed E-state index contributed by atoms with van der Waals surface area (Å²) in [6.07, 6.45) is 4.26. The number of amides is 3. The number of cyclic esters (lactones) is 1. The SMILES string of the molecule is O=C(CC1CC=CCCC(NC(=O)OCC2c3ccccc3-c3ccccc32)C(=O)OCC(Cc2ccccc2)NC1=O)NCCOCCO. The molecule has 0 bridgehead atoms. The molecule has 1 heterocycles. The van der Waals surface area contributed by atoms with E-state index in [1.165, 1.54) is 0 Å². The Morgan fingerprint density at radius 2 is 1.60 bits per heavy atom. The molecule has 4 N–H and O–H groups in total. The van der Waals surface area contributed by atoms with Crippen molar-refractivity contribution in [3.05, 3.63) is 108 Å². The first-order valence-corrected chi connectivity index (χ1v) is 17.2. The molecule has 50 heavy (non-hydrogen) atoms. The Bertz CT molecular complexity index is 1580. The molecule has 0 fully saturated rings. The van der Waals surface area contributed by atoms with E-state index in [9.17, 15) is 19.2 Å². The van der Waals surface area contributed by atoms with Crippen LogP contribution < -0.4 is 16.0 Å². The Hall–Kier alpha value is -5.00. The molecule has 1 aliphatic heterocycles. The first-order chi connectivity index (χ1) is 24.4. The minimum atomic E-state index is -0.973. The second kappa shape index (κ2) is 18.7. The molecule has 0 saturated heterocycles. The summed E-state index contributed by atoms with van der Waals surface area (Å²) in [5, 5.41) is 17.3. The van der Waals surface area contributed by atoms with Crippen molar-refractivity contribution < 1.29 is 38.5 Å². The maximum Gasteiger partial charge on any atom is 0.407 e. The standard InChI is InChI=1S/C39H45N3O8/c43-20-22-48-21-19-40-36(44)24-28-13-5-2-6-18-35(38(46)49-25-29(41-37(28)45)23-27-11-3-1-4-12-27)42-39(47)50-26-34-32-16-9-7-14-30(32)31-15-8-10-17-33(31)34/h1-5,7-12,14-17,28-29,34-35,43H,6,13,18-26H2,(H,40,44)(H,41,45)(H,42,47). The summed E-state index contributed by atoms with van der Waals surface area (Å²) in [5.41, 5.74) is 5.34. The van der Waals surface area contributed by atoms with Crippen molar-refractivity contribution in [1.82, 2.24) is 16.0 Å². The van der Waals surface area contributed by atoms with Gasteiger partial charge in [0.15, 0.2) is 0 Å². The van der Waals surface area contributed by atoms with Crippen molar-refractivity contribution in [3.8, 4) is 11.1 Å². The third-order valence-corrected chi connectivity index (χ3v) is 8.83. The smallest absolute Gasteiger partial charge is 0.407 e. The van der Waals surface area contributed by atoms with Gasteiger partial charge in [-0.05, 0) is 53.5 Å². The molecule has 11 heteroatoms. The fraction of sp³-hybridized carbons (Fsp3) is 0.385. The fourth-order valence-corrected chi connectivity index (χ4v) is 6.33. The Balaban J connectivity index is 1.23. The molecule has 0 saturated carbocycles. The van der Waals surface area contributed by atoms with Crippen LogP contribution in [0.2, 0.25) is 0 Å². The average molecular weight is 684 g/mol. The van der Waals surface area contributed by atoms with Crippen molar-refractivity contribution in [3.63, 3.8) is 0 Å². The zero-order valence-corrected chi connectivity index (χ0v) is 28.1. The first kappa shape index (κ1) is 36.3. The van der Waals surface area contributed by atoms with Gasteiger partial charge in [-0.3, -0.25) is 9.59 Å². The molecular formula is C39H45N3O8. The van der Waals surface area contributed by atoms with Crippen LogP contribution in [0.25, 0.3) is 11.1 Å². The van der Waals surface area contributed by atoms with Crippen molar-refractivity contribution >= 4 is 23.9 Å². The number of carbonyl (C=O) groups is 4. The third-order valence-electron chi connectivity index (χ3n) is 8.83. The maximum absolute atomic E-state index is 13.5. The number of benzene rings is 3. The number of fused-ring (bicyclic) bond motifs is 3. The van der Waals surface area contributed by atoms with Crippen LogP contribution in [-0.2, 0) is 35.0 Å². The average Bonchev–Trinajstić information content (AvgIpc) is 3.45. The second-order valence-corrected chi connectivity index (χ2v) is 12.4. The summed E-state index contributed by atoms with van der Waals surface area (Å²) in [7, 11) is 0. The normalized spacial score (nSPS) is 19.4. The van der Waals surface area contributed by atoms with Gasteiger partial charge in [0.25, 0.3) is 0 Å². The predicted molar refractivity (Wildman–Crippen MR) is 187 cm³/mol. The molecule has 3 unspecified atom stereocenters. The number of allylic oxidation sites excluding steroid dienone is 2. The Labute approximate surface area is 292 Å². The summed E-state index contributed by atoms with van der Waals surface area (Å²) in [5.74, 6) is -2.04. The topological polar surface area (TPSA) is 152 Å². The van der Waals surface area contributed by atoms with E-state index in [0.29, 0.717) is 19.3 Å². The van der Waals surface area contributed by atoms with Crippen LogP contribution >= 0.6 is 0 Å². The number of aliphatic hydroxyl groups excluding tert-OH is 1. The van der Waals surface area contributed by atoms with E-state index in [-0.39, 0.29) is 70.2 Å². The molecule has 0 spiro atoms. The molecule has 3 aromatic carbocycles. The molecule has 3 aromatic rings. The van der Waals surface area contributed by atoms with Gasteiger partial charge >= 0.3 is 12.1 Å². The van der Waals surface area contributed by atoms with Gasteiger partial charge < -0.3 is 35.3 Å². The highest BCUT2D eigenvalue weighted by Gasteiger charge is 2.31. The molecular weight excluding hydrogens is 638 g/mol. The van der Waals surface area contributed by atoms with Gasteiger partial charge in [-0.25, -0.2) is 9.59 Å². The van der Waals surface area contributed by atoms with Gasteiger partial charge in [0, 0.05) is 18.9 Å². The van der Waals surface area contributed by atoms with Crippen LogP contribution in [0.1, 0.15) is 48.3 Å². The molecule has 1 aliphatic carbocycles. The van der Waals surface area contributed by atoms with Crippen LogP contribution in [0.4, 0.5) is 4.79 Å². The van der Waals surface area contributed by atoms with Crippen molar-refractivity contribution in [2.24, 2.45) is 5.92 Å². The predicted octanol–water partition coefficient (Wildman–Crippen LogP) is 4.04. The summed E-state index contributed by atoms with van der Waals surface area (Å²) in [6.45, 7) is 0.566. The Morgan fingerprint density at radius 1 is 0.900 bits per heavy atom. The van der Waals surface area contributed by atoms with Gasteiger partial charge in [-0.1, -0.05) is 91.0 Å². The number of nitrogens with one attached hydrogen (secondary N) is 3. The molecule has 3 amide bonds. The lowest BCUT2D eigenvalue weighted by molar-refractivity contribution is -0.147. The van der Waals surface area contributed by atoms with Gasteiger partial charge in [-0.15, -0.1) is 0 Å². The monoisotopic (exact) mass is 683 g/mol. The molecule has 0 radical (unpaired) electrons. The number of esters is 1. The molecule has 264 valence electrons. The van der Waals surface area contributed by atoms with E-state index in [4.69, 9.17) is 19.3 Å². The number of aliphatic hydroxyl groups is 1. The largest absolute Gasteiger partial charge is 0.462 e. The van der Waals surface area contributed by atoms with Gasteiger partial charge in [0.1, 0.15) is 19.3 Å². The van der Waals surface area contributed by atoms with Gasteiger partial charge in [-0.2, -0.15) is 0 Å². The minimum absolute atomic E-state index is 0.0417. The van der Waals surface area contributed by atoms with Crippen LogP contribution in [0.5, 0.6) is 0 Å². The van der Waals surface area contributed by atoms with Crippen molar-refractivity contribution in [2.45, 2.75) is 50.1 Å². The highest BCUT2D eigenvalue weighted by molar-refractivity contribution is 5.86. The number of hydrogen-bond donors (Lipinski definition) is 4. The lowest BCUT2D eigenvalue weighted by atomic mass is 9.97. The first-order valence-electron chi connectivity index (χ1n) is 17.2. The number of carbonyl (C=O) groups excluding carboxylic acids is 4. The molecule has 0 aromatic heterocycles. The maximum atomic E-state index is 13.5. The van der Waals surface area contributed by atoms with E-state index in [2.05, 4.69) is 28.1 Å². The number of alkyl carbamates (subject to hydrolysis) is 1. The van der Waals surface area contributed by atoms with E-state index in [0.717, 1.165) is 27.8 Å². The summed E-state index contributed by atoms with van der Waals surface area (Å²) >= 11 is 0. The summed E-state index contributed by atoms with van der Waals surface area (Å²) in [4.78, 5) is 52.7. The molecule has 11 nitrogen and oxygen atoms in total. The minimum Gasteiger partial charge on any atom is -0.462 e. The highest BCUT2D eigenvalue weighted by Crippen LogP contribution is 2.44. The molecule has 5 rings (SSSR count). The number of ether oxygens (including phenoxy) is 3. The fourth-order valence-electron chi connectivity index (χ4n) is 6.33. The molecule has 2 aliphatic rings.